The van der Waals surface area contributed by atoms with Gasteiger partial charge >= 0.3 is 5.97 Å². The van der Waals surface area contributed by atoms with Crippen LogP contribution < -0.4 is 0 Å². The van der Waals surface area contributed by atoms with Crippen LogP contribution in [0, 0.1) is 0 Å². The first-order chi connectivity index (χ1) is 20.5. The van der Waals surface area contributed by atoms with Crippen molar-refractivity contribution < 1.29 is 19.4 Å². The molecule has 0 bridgehead atoms. The van der Waals surface area contributed by atoms with Crippen LogP contribution in [-0.2, 0) is 20.7 Å². The minimum absolute atomic E-state index is 0.0332. The summed E-state index contributed by atoms with van der Waals surface area (Å²) in [4.78, 5) is 12.2. The summed E-state index contributed by atoms with van der Waals surface area (Å²) in [6.07, 6.45) is 4.51. The lowest BCUT2D eigenvalue weighted by atomic mass is 9.97. The second-order valence-corrected chi connectivity index (χ2v) is 12.5. The average Bonchev–Trinajstić information content (AvgIpc) is 3.57. The smallest absolute Gasteiger partial charge is 0.304 e. The Balaban J connectivity index is 1.49. The lowest BCUT2D eigenvalue weighted by Gasteiger charge is -2.34. The van der Waals surface area contributed by atoms with Gasteiger partial charge in [-0.15, -0.1) is 5.10 Å². The topological polar surface area (TPSA) is 76.3 Å². The number of benzene rings is 3. The first kappa shape index (κ1) is 30.1. The highest BCUT2D eigenvalue weighted by molar-refractivity contribution is 5.88. The Morgan fingerprint density at radius 2 is 1.60 bits per heavy atom. The number of rotatable bonds is 9. The third kappa shape index (κ3) is 7.54. The van der Waals surface area contributed by atoms with Crippen molar-refractivity contribution in [3.05, 3.63) is 115 Å². The van der Waals surface area contributed by atoms with Crippen molar-refractivity contribution in [2.75, 3.05) is 6.61 Å². The summed E-state index contributed by atoms with van der Waals surface area (Å²) >= 11 is 0. The molecule has 0 amide bonds. The molecule has 1 fully saturated rings. The third-order valence-electron chi connectivity index (χ3n) is 7.53. The number of carboxylic acids is 1. The summed E-state index contributed by atoms with van der Waals surface area (Å²) in [5, 5.41) is 17.0. The fourth-order valence-corrected chi connectivity index (χ4v) is 5.45. The Labute approximate surface area is 254 Å². The largest absolute Gasteiger partial charge is 0.481 e. The quantitative estimate of drug-likeness (QED) is 0.164. The summed E-state index contributed by atoms with van der Waals surface area (Å²) in [6.45, 7) is 10.3. The predicted molar refractivity (Wildman–Crippen MR) is 170 cm³/mol. The Kier molecular flexibility index (Phi) is 8.74. The zero-order valence-corrected chi connectivity index (χ0v) is 25.6. The van der Waals surface area contributed by atoms with E-state index in [0.717, 1.165) is 28.8 Å². The molecule has 2 atom stereocenters. The maximum atomic E-state index is 12.2. The number of hydrazone groups is 1. The van der Waals surface area contributed by atoms with Gasteiger partial charge in [0.25, 0.3) is 0 Å². The van der Waals surface area contributed by atoms with Crippen molar-refractivity contribution in [1.82, 2.24) is 9.58 Å². The molecular formula is C36H41N3O4. The summed E-state index contributed by atoms with van der Waals surface area (Å²) in [7, 11) is 0. The number of carbonyl (C=O) groups is 1. The van der Waals surface area contributed by atoms with Gasteiger partial charge in [0, 0.05) is 18.1 Å². The highest BCUT2D eigenvalue weighted by Gasteiger charge is 2.42. The molecule has 1 aromatic heterocycles. The molecule has 4 aromatic rings. The second kappa shape index (κ2) is 12.5. The second-order valence-electron chi connectivity index (χ2n) is 12.5. The molecule has 1 aliphatic heterocycles. The number of aromatic nitrogens is 1. The van der Waals surface area contributed by atoms with Crippen molar-refractivity contribution in [1.29, 1.82) is 0 Å². The van der Waals surface area contributed by atoms with Crippen LogP contribution in [0.3, 0.4) is 0 Å². The van der Waals surface area contributed by atoms with E-state index in [1.165, 1.54) is 5.56 Å². The van der Waals surface area contributed by atoms with Gasteiger partial charge in [-0.1, -0.05) is 72.8 Å². The van der Waals surface area contributed by atoms with Crippen molar-refractivity contribution >= 4 is 11.9 Å². The maximum Gasteiger partial charge on any atom is 0.304 e. The van der Waals surface area contributed by atoms with E-state index in [2.05, 4.69) is 48.5 Å². The van der Waals surface area contributed by atoms with Crippen LogP contribution in [0.5, 0.6) is 0 Å². The SMILES string of the molecule is CC(C)(C)OC(=NN1[C@@H](Cc2ccccc2)COC1(C)C)[C@H](CC(=O)O)c1ccn(-c2ccc(-c3ccccc3)cc2)c1. The highest BCUT2D eigenvalue weighted by Crippen LogP contribution is 2.33. The van der Waals surface area contributed by atoms with Gasteiger partial charge in [-0.25, -0.2) is 0 Å². The van der Waals surface area contributed by atoms with E-state index in [1.54, 1.807) is 0 Å². The highest BCUT2D eigenvalue weighted by atomic mass is 16.5. The van der Waals surface area contributed by atoms with Gasteiger partial charge in [-0.2, -0.15) is 0 Å². The van der Waals surface area contributed by atoms with Crippen molar-refractivity contribution in [3.63, 3.8) is 0 Å². The molecular weight excluding hydrogens is 538 g/mol. The van der Waals surface area contributed by atoms with Gasteiger partial charge in [-0.3, -0.25) is 9.80 Å². The molecule has 43 heavy (non-hydrogen) atoms. The molecule has 1 saturated heterocycles. The van der Waals surface area contributed by atoms with Crippen LogP contribution in [0.1, 0.15) is 58.1 Å². The molecule has 0 unspecified atom stereocenters. The lowest BCUT2D eigenvalue weighted by molar-refractivity contribution is -0.137. The molecule has 0 spiro atoms. The molecule has 0 radical (unpaired) electrons. The molecule has 7 heteroatoms. The number of ether oxygens (including phenoxy) is 2. The summed E-state index contributed by atoms with van der Waals surface area (Å²) in [5.41, 5.74) is 3.99. The van der Waals surface area contributed by atoms with Crippen LogP contribution in [0.25, 0.3) is 16.8 Å². The fourth-order valence-electron chi connectivity index (χ4n) is 5.45. The van der Waals surface area contributed by atoms with Crippen LogP contribution in [0.4, 0.5) is 0 Å². The minimum atomic E-state index is -0.923. The zero-order valence-electron chi connectivity index (χ0n) is 25.6. The van der Waals surface area contributed by atoms with E-state index in [-0.39, 0.29) is 12.5 Å². The van der Waals surface area contributed by atoms with Gasteiger partial charge < -0.3 is 19.1 Å². The van der Waals surface area contributed by atoms with Crippen molar-refractivity contribution in [3.8, 4) is 16.8 Å². The standard InChI is InChI=1S/C36H41N3O4/c1-35(2,3)43-34(37-39-31(25-42-36(39,4)5)22-26-12-8-6-9-13-26)32(23-33(40)41)29-20-21-38(24-29)30-18-16-28(17-19-30)27-14-10-7-11-15-27/h6-21,24,31-32H,22-23,25H2,1-5H3,(H,40,41)/t31-,32+/m0/s1. The molecule has 224 valence electrons. The van der Waals surface area contributed by atoms with E-state index in [1.807, 2.05) is 99.1 Å². The lowest BCUT2D eigenvalue weighted by Crippen LogP contribution is -2.43. The first-order valence-corrected chi connectivity index (χ1v) is 14.8. The van der Waals surface area contributed by atoms with Crippen molar-refractivity contribution in [2.24, 2.45) is 5.10 Å². The molecule has 7 nitrogen and oxygen atoms in total. The van der Waals surface area contributed by atoms with Crippen LogP contribution >= 0.6 is 0 Å². The number of hydrogen-bond donors (Lipinski definition) is 1. The molecule has 1 aliphatic rings. The number of aliphatic carboxylic acids is 1. The summed E-state index contributed by atoms with van der Waals surface area (Å²) < 4.78 is 14.7. The van der Waals surface area contributed by atoms with E-state index in [0.29, 0.717) is 12.5 Å². The maximum absolute atomic E-state index is 12.2. The number of carboxylic acid groups (broad SMARTS) is 1. The van der Waals surface area contributed by atoms with E-state index < -0.39 is 23.2 Å². The van der Waals surface area contributed by atoms with Gasteiger partial charge in [0.15, 0.2) is 5.72 Å². The molecule has 3 aromatic carbocycles. The van der Waals surface area contributed by atoms with E-state index in [9.17, 15) is 9.90 Å². The predicted octanol–water partition coefficient (Wildman–Crippen LogP) is 7.51. The normalized spacial score (nSPS) is 17.6. The monoisotopic (exact) mass is 579 g/mol. The fraction of sp³-hybridized carbons (Fsp3) is 0.333. The zero-order chi connectivity index (χ0) is 30.6. The molecule has 0 saturated carbocycles. The van der Waals surface area contributed by atoms with E-state index >= 15 is 0 Å². The average molecular weight is 580 g/mol. The summed E-state index contributed by atoms with van der Waals surface area (Å²) in [5.74, 6) is -1.16. The third-order valence-corrected chi connectivity index (χ3v) is 7.53. The minimum Gasteiger partial charge on any atom is -0.481 e. The Morgan fingerprint density at radius 3 is 2.23 bits per heavy atom. The molecule has 0 aliphatic carbocycles. The van der Waals surface area contributed by atoms with Crippen molar-refractivity contribution in [2.45, 2.75) is 70.7 Å². The Morgan fingerprint density at radius 1 is 0.977 bits per heavy atom. The Bertz CT molecular complexity index is 1540. The van der Waals surface area contributed by atoms with Gasteiger partial charge in [0.05, 0.1) is 25.0 Å². The van der Waals surface area contributed by atoms with E-state index in [4.69, 9.17) is 14.6 Å². The molecule has 5 rings (SSSR count). The van der Waals surface area contributed by atoms with Crippen LogP contribution in [0.15, 0.2) is 108 Å². The molecule has 2 heterocycles. The van der Waals surface area contributed by atoms with Crippen LogP contribution in [0.2, 0.25) is 0 Å². The van der Waals surface area contributed by atoms with Crippen LogP contribution in [-0.4, -0.2) is 50.5 Å². The summed E-state index contributed by atoms with van der Waals surface area (Å²) in [6, 6.07) is 30.7. The van der Waals surface area contributed by atoms with Gasteiger partial charge in [0.1, 0.15) is 5.60 Å². The van der Waals surface area contributed by atoms with Gasteiger partial charge in [-0.05, 0) is 81.5 Å². The first-order valence-electron chi connectivity index (χ1n) is 14.8. The van der Waals surface area contributed by atoms with Gasteiger partial charge in [0.2, 0.25) is 5.90 Å². The number of hydrogen-bond acceptors (Lipinski definition) is 5. The Hall–Kier alpha value is -4.36. The number of nitrogens with zero attached hydrogens (tertiary/aromatic N) is 3. The molecule has 1 N–H and O–H groups in total.